The normalized spacial score (nSPS) is 10.8. The number of ether oxygens (including phenoxy) is 1. The van der Waals surface area contributed by atoms with Crippen LogP contribution in [0.1, 0.15) is 42.7 Å². The summed E-state index contributed by atoms with van der Waals surface area (Å²) in [4.78, 5) is 31.4. The summed E-state index contributed by atoms with van der Waals surface area (Å²) in [6.45, 7) is 5.64. The van der Waals surface area contributed by atoms with E-state index in [9.17, 15) is 9.59 Å². The van der Waals surface area contributed by atoms with Crippen LogP contribution in [0.3, 0.4) is 0 Å². The van der Waals surface area contributed by atoms with E-state index < -0.39 is 11.5 Å². The average molecular weight is 321 g/mol. The number of aromatic nitrogens is 2. The number of carbonyl (C=O) groups excluding carboxylic acids is 1. The molecule has 0 spiro atoms. The fourth-order valence-corrected chi connectivity index (χ4v) is 2.18. The molecule has 1 aromatic carbocycles. The number of H-pyrrole nitrogens is 1. The summed E-state index contributed by atoms with van der Waals surface area (Å²) in [7, 11) is 0. The Morgan fingerprint density at radius 1 is 1.32 bits per heavy atom. The molecule has 0 atom stereocenters. The van der Waals surface area contributed by atoms with Gasteiger partial charge in [-0.2, -0.15) is 0 Å². The third kappa shape index (κ3) is 3.36. The SMILES string of the molecule is CCOC(=O)c1c(C(C)C)nc(-c2ccc(Cl)cc2)[nH]c1=O. The van der Waals surface area contributed by atoms with E-state index in [0.29, 0.717) is 16.5 Å². The van der Waals surface area contributed by atoms with Crippen LogP contribution in [-0.4, -0.2) is 22.5 Å². The molecule has 2 rings (SSSR count). The van der Waals surface area contributed by atoms with Crippen LogP contribution in [-0.2, 0) is 4.74 Å². The Morgan fingerprint density at radius 2 is 1.95 bits per heavy atom. The maximum absolute atomic E-state index is 12.3. The molecule has 0 aliphatic rings. The molecule has 1 heterocycles. The highest BCUT2D eigenvalue weighted by molar-refractivity contribution is 6.30. The Labute approximate surface area is 133 Å². The van der Waals surface area contributed by atoms with Gasteiger partial charge in [-0.05, 0) is 37.1 Å². The zero-order valence-corrected chi connectivity index (χ0v) is 13.4. The number of rotatable bonds is 4. The second-order valence-electron chi connectivity index (χ2n) is 5.06. The smallest absolute Gasteiger partial charge is 0.345 e. The maximum Gasteiger partial charge on any atom is 0.345 e. The Bertz CT molecular complexity index is 736. The van der Waals surface area contributed by atoms with E-state index in [4.69, 9.17) is 16.3 Å². The zero-order valence-electron chi connectivity index (χ0n) is 12.6. The summed E-state index contributed by atoms with van der Waals surface area (Å²) >= 11 is 5.86. The van der Waals surface area contributed by atoms with Crippen molar-refractivity contribution in [2.75, 3.05) is 6.61 Å². The molecule has 0 saturated carbocycles. The molecular weight excluding hydrogens is 304 g/mol. The number of nitrogens with one attached hydrogen (secondary N) is 1. The lowest BCUT2D eigenvalue weighted by molar-refractivity contribution is 0.0522. The van der Waals surface area contributed by atoms with Crippen LogP contribution < -0.4 is 5.56 Å². The number of carbonyl (C=O) groups is 1. The molecule has 6 heteroatoms. The van der Waals surface area contributed by atoms with Crippen LogP contribution >= 0.6 is 11.6 Å². The van der Waals surface area contributed by atoms with Gasteiger partial charge in [-0.15, -0.1) is 0 Å². The van der Waals surface area contributed by atoms with Crippen LogP contribution in [0.2, 0.25) is 5.02 Å². The molecule has 0 saturated heterocycles. The molecule has 2 aromatic rings. The van der Waals surface area contributed by atoms with Gasteiger partial charge in [0.15, 0.2) is 0 Å². The van der Waals surface area contributed by atoms with Gasteiger partial charge in [0.1, 0.15) is 11.4 Å². The Hall–Kier alpha value is -2.14. The first-order valence-corrected chi connectivity index (χ1v) is 7.39. The number of esters is 1. The first kappa shape index (κ1) is 16.2. The highest BCUT2D eigenvalue weighted by Gasteiger charge is 2.22. The van der Waals surface area contributed by atoms with Crippen LogP contribution in [0.25, 0.3) is 11.4 Å². The highest BCUT2D eigenvalue weighted by atomic mass is 35.5. The lowest BCUT2D eigenvalue weighted by atomic mass is 10.0. The van der Waals surface area contributed by atoms with Crippen LogP contribution in [0.15, 0.2) is 29.1 Å². The van der Waals surface area contributed by atoms with Crippen molar-refractivity contribution in [3.8, 4) is 11.4 Å². The molecule has 116 valence electrons. The second kappa shape index (κ2) is 6.75. The van der Waals surface area contributed by atoms with Crippen LogP contribution in [0.5, 0.6) is 0 Å². The van der Waals surface area contributed by atoms with Crippen molar-refractivity contribution >= 4 is 17.6 Å². The van der Waals surface area contributed by atoms with E-state index in [1.807, 2.05) is 13.8 Å². The number of nitrogens with zero attached hydrogens (tertiary/aromatic N) is 1. The molecule has 1 N–H and O–H groups in total. The quantitative estimate of drug-likeness (QED) is 0.876. The number of halogens is 1. The molecule has 0 aliphatic heterocycles. The molecule has 1 aromatic heterocycles. The number of hydrogen-bond donors (Lipinski definition) is 1. The van der Waals surface area contributed by atoms with Gasteiger partial charge in [0.05, 0.1) is 12.3 Å². The second-order valence-corrected chi connectivity index (χ2v) is 5.49. The van der Waals surface area contributed by atoms with Crippen molar-refractivity contribution in [1.82, 2.24) is 9.97 Å². The largest absolute Gasteiger partial charge is 0.462 e. The van der Waals surface area contributed by atoms with E-state index in [1.165, 1.54) is 0 Å². The summed E-state index contributed by atoms with van der Waals surface area (Å²) in [5, 5.41) is 0.596. The lowest BCUT2D eigenvalue weighted by Crippen LogP contribution is -2.25. The summed E-state index contributed by atoms with van der Waals surface area (Å²) in [6.07, 6.45) is 0. The third-order valence-electron chi connectivity index (χ3n) is 3.09. The van der Waals surface area contributed by atoms with Gasteiger partial charge in [0.2, 0.25) is 0 Å². The average Bonchev–Trinajstić information content (AvgIpc) is 2.47. The minimum atomic E-state index is -0.650. The Morgan fingerprint density at radius 3 is 2.50 bits per heavy atom. The van der Waals surface area contributed by atoms with Gasteiger partial charge in [0.25, 0.3) is 5.56 Å². The Balaban J connectivity index is 2.59. The van der Waals surface area contributed by atoms with Crippen molar-refractivity contribution in [1.29, 1.82) is 0 Å². The van der Waals surface area contributed by atoms with Gasteiger partial charge in [0, 0.05) is 10.6 Å². The van der Waals surface area contributed by atoms with E-state index in [2.05, 4.69) is 9.97 Å². The van der Waals surface area contributed by atoms with Crippen LogP contribution in [0, 0.1) is 0 Å². The van der Waals surface area contributed by atoms with Crippen molar-refractivity contribution in [3.05, 3.63) is 50.9 Å². The van der Waals surface area contributed by atoms with Gasteiger partial charge in [-0.25, -0.2) is 9.78 Å². The predicted octanol–water partition coefficient (Wildman–Crippen LogP) is 3.39. The lowest BCUT2D eigenvalue weighted by Gasteiger charge is -2.12. The summed E-state index contributed by atoms with van der Waals surface area (Å²) in [5.41, 5.74) is 0.614. The molecule has 0 fully saturated rings. The van der Waals surface area contributed by atoms with E-state index in [-0.39, 0.29) is 18.1 Å². The van der Waals surface area contributed by atoms with Crippen molar-refractivity contribution < 1.29 is 9.53 Å². The number of hydrogen-bond acceptors (Lipinski definition) is 4. The van der Waals surface area contributed by atoms with E-state index in [0.717, 1.165) is 5.56 Å². The van der Waals surface area contributed by atoms with Crippen molar-refractivity contribution in [3.63, 3.8) is 0 Å². The monoisotopic (exact) mass is 320 g/mol. The molecule has 0 radical (unpaired) electrons. The minimum absolute atomic E-state index is 0.0328. The molecule has 22 heavy (non-hydrogen) atoms. The van der Waals surface area contributed by atoms with E-state index >= 15 is 0 Å². The van der Waals surface area contributed by atoms with Gasteiger partial charge < -0.3 is 9.72 Å². The highest BCUT2D eigenvalue weighted by Crippen LogP contribution is 2.21. The topological polar surface area (TPSA) is 72.0 Å². The molecular formula is C16H17ClN2O3. The zero-order chi connectivity index (χ0) is 16.3. The third-order valence-corrected chi connectivity index (χ3v) is 3.34. The van der Waals surface area contributed by atoms with Gasteiger partial charge >= 0.3 is 5.97 Å². The van der Waals surface area contributed by atoms with Gasteiger partial charge in [-0.1, -0.05) is 25.4 Å². The first-order valence-electron chi connectivity index (χ1n) is 7.01. The molecule has 0 unspecified atom stereocenters. The molecule has 5 nitrogen and oxygen atoms in total. The predicted molar refractivity (Wildman–Crippen MR) is 85.3 cm³/mol. The fourth-order valence-electron chi connectivity index (χ4n) is 2.05. The van der Waals surface area contributed by atoms with E-state index in [1.54, 1.807) is 31.2 Å². The summed E-state index contributed by atoms with van der Waals surface area (Å²) in [6, 6.07) is 6.94. The molecule has 0 amide bonds. The summed E-state index contributed by atoms with van der Waals surface area (Å²) in [5.74, 6) is -0.339. The van der Waals surface area contributed by atoms with Crippen LogP contribution in [0.4, 0.5) is 0 Å². The molecule has 0 aliphatic carbocycles. The van der Waals surface area contributed by atoms with Gasteiger partial charge in [-0.3, -0.25) is 4.79 Å². The standard InChI is InChI=1S/C16H17ClN2O3/c1-4-22-16(21)12-13(9(2)3)18-14(19-15(12)20)10-5-7-11(17)8-6-10/h5-9H,4H2,1-3H3,(H,18,19,20). The van der Waals surface area contributed by atoms with Crippen molar-refractivity contribution in [2.45, 2.75) is 26.7 Å². The maximum atomic E-state index is 12.3. The molecule has 0 bridgehead atoms. The van der Waals surface area contributed by atoms with Crippen molar-refractivity contribution in [2.24, 2.45) is 0 Å². The minimum Gasteiger partial charge on any atom is -0.462 e. The number of aromatic amines is 1. The first-order chi connectivity index (χ1) is 10.4. The summed E-state index contributed by atoms with van der Waals surface area (Å²) < 4.78 is 4.94. The number of benzene rings is 1. The Kier molecular flexibility index (Phi) is 4.98. The fraction of sp³-hybridized carbons (Fsp3) is 0.312.